The SMILES string of the molecule is Cc1ccc(NCC#CCO)cc1. The lowest BCUT2D eigenvalue weighted by atomic mass is 10.2. The molecule has 0 spiro atoms. The Morgan fingerprint density at radius 3 is 2.54 bits per heavy atom. The van der Waals surface area contributed by atoms with E-state index in [9.17, 15) is 0 Å². The van der Waals surface area contributed by atoms with Gasteiger partial charge in [-0.2, -0.15) is 0 Å². The number of aliphatic hydroxyl groups excluding tert-OH is 1. The lowest BCUT2D eigenvalue weighted by Crippen LogP contribution is -1.98. The molecule has 0 radical (unpaired) electrons. The predicted octanol–water partition coefficient (Wildman–Crippen LogP) is 1.40. The van der Waals surface area contributed by atoms with Gasteiger partial charge in [0.05, 0.1) is 6.54 Å². The van der Waals surface area contributed by atoms with Gasteiger partial charge in [-0.05, 0) is 19.1 Å². The van der Waals surface area contributed by atoms with Crippen molar-refractivity contribution >= 4 is 5.69 Å². The van der Waals surface area contributed by atoms with Gasteiger partial charge in [-0.1, -0.05) is 29.5 Å². The molecule has 0 amide bonds. The molecular formula is C11H13NO. The van der Waals surface area contributed by atoms with Crippen molar-refractivity contribution in [1.82, 2.24) is 0 Å². The minimum atomic E-state index is -0.0738. The number of hydrogen-bond acceptors (Lipinski definition) is 2. The van der Waals surface area contributed by atoms with E-state index in [0.29, 0.717) is 6.54 Å². The van der Waals surface area contributed by atoms with Gasteiger partial charge in [0.25, 0.3) is 0 Å². The normalized spacial score (nSPS) is 8.77. The highest BCUT2D eigenvalue weighted by atomic mass is 16.2. The maximum absolute atomic E-state index is 8.40. The number of benzene rings is 1. The van der Waals surface area contributed by atoms with Crippen LogP contribution in [0.25, 0.3) is 0 Å². The summed E-state index contributed by atoms with van der Waals surface area (Å²) < 4.78 is 0. The van der Waals surface area contributed by atoms with Crippen molar-refractivity contribution in [2.75, 3.05) is 18.5 Å². The second-order valence-electron chi connectivity index (χ2n) is 2.73. The molecule has 0 bridgehead atoms. The average molecular weight is 175 g/mol. The van der Waals surface area contributed by atoms with E-state index in [1.54, 1.807) is 0 Å². The number of hydrogen-bond donors (Lipinski definition) is 2. The summed E-state index contributed by atoms with van der Waals surface area (Å²) in [6.45, 7) is 2.55. The van der Waals surface area contributed by atoms with Gasteiger partial charge in [-0.3, -0.25) is 0 Å². The van der Waals surface area contributed by atoms with Gasteiger partial charge in [-0.15, -0.1) is 0 Å². The van der Waals surface area contributed by atoms with E-state index in [0.717, 1.165) is 5.69 Å². The Morgan fingerprint density at radius 1 is 1.23 bits per heavy atom. The molecule has 0 saturated heterocycles. The molecule has 1 rings (SSSR count). The molecule has 0 aliphatic heterocycles. The molecule has 0 atom stereocenters. The van der Waals surface area contributed by atoms with Gasteiger partial charge in [0.2, 0.25) is 0 Å². The number of rotatable bonds is 2. The van der Waals surface area contributed by atoms with Gasteiger partial charge in [-0.25, -0.2) is 0 Å². The van der Waals surface area contributed by atoms with E-state index in [-0.39, 0.29) is 6.61 Å². The highest BCUT2D eigenvalue weighted by Gasteiger charge is 1.87. The standard InChI is InChI=1S/C11H13NO/c1-10-4-6-11(7-5-10)12-8-2-3-9-13/h4-7,12-13H,8-9H2,1H3. The lowest BCUT2D eigenvalue weighted by Gasteiger charge is -2.01. The second kappa shape index (κ2) is 5.23. The highest BCUT2D eigenvalue weighted by molar-refractivity contribution is 5.45. The predicted molar refractivity (Wildman–Crippen MR) is 54.5 cm³/mol. The Kier molecular flexibility index (Phi) is 3.87. The van der Waals surface area contributed by atoms with Gasteiger partial charge >= 0.3 is 0 Å². The van der Waals surface area contributed by atoms with Gasteiger partial charge in [0.1, 0.15) is 6.61 Å². The fraction of sp³-hybridized carbons (Fsp3) is 0.273. The molecule has 0 fully saturated rings. The van der Waals surface area contributed by atoms with Crippen molar-refractivity contribution < 1.29 is 5.11 Å². The number of nitrogens with one attached hydrogen (secondary N) is 1. The molecule has 1 aromatic rings. The molecular weight excluding hydrogens is 162 g/mol. The first-order valence-corrected chi connectivity index (χ1v) is 4.20. The van der Waals surface area contributed by atoms with Crippen LogP contribution in [-0.2, 0) is 0 Å². The van der Waals surface area contributed by atoms with E-state index in [1.165, 1.54) is 5.56 Å². The zero-order chi connectivity index (χ0) is 9.52. The van der Waals surface area contributed by atoms with Crippen molar-refractivity contribution in [2.45, 2.75) is 6.92 Å². The molecule has 0 saturated carbocycles. The van der Waals surface area contributed by atoms with E-state index in [2.05, 4.69) is 24.1 Å². The molecule has 2 N–H and O–H groups in total. The van der Waals surface area contributed by atoms with E-state index < -0.39 is 0 Å². The number of aliphatic hydroxyl groups is 1. The number of anilines is 1. The van der Waals surface area contributed by atoms with Crippen LogP contribution in [0.3, 0.4) is 0 Å². The van der Waals surface area contributed by atoms with Crippen molar-refractivity contribution in [3.05, 3.63) is 29.8 Å². The van der Waals surface area contributed by atoms with Crippen LogP contribution < -0.4 is 5.32 Å². The Labute approximate surface area is 78.6 Å². The lowest BCUT2D eigenvalue weighted by molar-refractivity contribution is 0.350. The fourth-order valence-electron chi connectivity index (χ4n) is 0.936. The van der Waals surface area contributed by atoms with Crippen LogP contribution >= 0.6 is 0 Å². The maximum Gasteiger partial charge on any atom is 0.104 e. The third-order valence-corrected chi connectivity index (χ3v) is 1.64. The first kappa shape index (κ1) is 9.63. The molecule has 2 nitrogen and oxygen atoms in total. The summed E-state index contributed by atoms with van der Waals surface area (Å²) in [4.78, 5) is 0. The number of aryl methyl sites for hydroxylation is 1. The molecule has 0 unspecified atom stereocenters. The summed E-state index contributed by atoms with van der Waals surface area (Å²) in [6.07, 6.45) is 0. The maximum atomic E-state index is 8.40. The second-order valence-corrected chi connectivity index (χ2v) is 2.73. The molecule has 0 heterocycles. The third-order valence-electron chi connectivity index (χ3n) is 1.64. The van der Waals surface area contributed by atoms with Crippen molar-refractivity contribution in [2.24, 2.45) is 0 Å². The van der Waals surface area contributed by atoms with Crippen molar-refractivity contribution in [3.63, 3.8) is 0 Å². The first-order valence-electron chi connectivity index (χ1n) is 4.20. The van der Waals surface area contributed by atoms with Gasteiger partial charge in [0.15, 0.2) is 0 Å². The fourth-order valence-corrected chi connectivity index (χ4v) is 0.936. The molecule has 2 heteroatoms. The van der Waals surface area contributed by atoms with E-state index in [1.807, 2.05) is 24.3 Å². The quantitative estimate of drug-likeness (QED) is 0.666. The zero-order valence-electron chi connectivity index (χ0n) is 7.67. The summed E-state index contributed by atoms with van der Waals surface area (Å²) in [5, 5.41) is 11.5. The molecule has 1 aromatic carbocycles. The topological polar surface area (TPSA) is 32.3 Å². The van der Waals surface area contributed by atoms with Gasteiger partial charge in [0, 0.05) is 5.69 Å². The Hall–Kier alpha value is -1.46. The molecule has 13 heavy (non-hydrogen) atoms. The van der Waals surface area contributed by atoms with Crippen molar-refractivity contribution in [1.29, 1.82) is 0 Å². The van der Waals surface area contributed by atoms with Crippen LogP contribution in [0.1, 0.15) is 5.56 Å². The van der Waals surface area contributed by atoms with Crippen LogP contribution in [0.5, 0.6) is 0 Å². The van der Waals surface area contributed by atoms with Crippen LogP contribution in [0.4, 0.5) is 5.69 Å². The van der Waals surface area contributed by atoms with Crippen LogP contribution in [0, 0.1) is 18.8 Å². The minimum absolute atomic E-state index is 0.0738. The summed E-state index contributed by atoms with van der Waals surface area (Å²) in [6, 6.07) is 8.11. The monoisotopic (exact) mass is 175 g/mol. The largest absolute Gasteiger partial charge is 0.384 e. The third kappa shape index (κ3) is 3.64. The Bertz CT molecular complexity index is 305. The van der Waals surface area contributed by atoms with Gasteiger partial charge < -0.3 is 10.4 Å². The summed E-state index contributed by atoms with van der Waals surface area (Å²) >= 11 is 0. The van der Waals surface area contributed by atoms with E-state index >= 15 is 0 Å². The summed E-state index contributed by atoms with van der Waals surface area (Å²) in [5.74, 6) is 5.36. The first-order chi connectivity index (χ1) is 6.33. The summed E-state index contributed by atoms with van der Waals surface area (Å²) in [5.41, 5.74) is 2.30. The van der Waals surface area contributed by atoms with Crippen LogP contribution in [0.2, 0.25) is 0 Å². The molecule has 0 aliphatic carbocycles. The zero-order valence-corrected chi connectivity index (χ0v) is 7.67. The average Bonchev–Trinajstić information content (AvgIpc) is 2.15. The minimum Gasteiger partial charge on any atom is -0.384 e. The van der Waals surface area contributed by atoms with Crippen molar-refractivity contribution in [3.8, 4) is 11.8 Å². The Morgan fingerprint density at radius 2 is 1.92 bits per heavy atom. The van der Waals surface area contributed by atoms with E-state index in [4.69, 9.17) is 5.11 Å². The van der Waals surface area contributed by atoms with Crippen LogP contribution in [0.15, 0.2) is 24.3 Å². The molecule has 0 aliphatic rings. The van der Waals surface area contributed by atoms with Crippen LogP contribution in [-0.4, -0.2) is 18.3 Å². The summed E-state index contributed by atoms with van der Waals surface area (Å²) in [7, 11) is 0. The molecule has 0 aromatic heterocycles. The molecule has 68 valence electrons. The highest BCUT2D eigenvalue weighted by Crippen LogP contribution is 2.07. The Balaban J connectivity index is 2.41. The smallest absolute Gasteiger partial charge is 0.104 e.